The zero-order valence-corrected chi connectivity index (χ0v) is 36.3. The Bertz CT molecular complexity index is 1740. The smallest absolute Gasteiger partial charge is 0.410 e. The van der Waals surface area contributed by atoms with E-state index >= 15 is 0 Å². The van der Waals surface area contributed by atoms with Gasteiger partial charge in [-0.25, -0.2) is 14.8 Å². The molecule has 0 aromatic carbocycles. The van der Waals surface area contributed by atoms with Crippen molar-refractivity contribution in [3.05, 3.63) is 36.0 Å². The van der Waals surface area contributed by atoms with E-state index in [0.717, 1.165) is 11.3 Å². The van der Waals surface area contributed by atoms with E-state index in [4.69, 9.17) is 35.3 Å². The number of methoxy groups -OCH3 is 1. The highest BCUT2D eigenvalue weighted by Gasteiger charge is 2.54. The number of rotatable bonds is 11. The van der Waals surface area contributed by atoms with E-state index in [1.165, 1.54) is 14.0 Å². The zero-order valence-electron chi connectivity index (χ0n) is 35.5. The number of aliphatic hydroxyl groups is 1. The van der Waals surface area contributed by atoms with Gasteiger partial charge in [-0.05, 0) is 79.1 Å². The number of nitrogens with zero attached hydrogens (tertiary/aromatic N) is 5. The van der Waals surface area contributed by atoms with Gasteiger partial charge in [0.2, 0.25) is 0 Å². The van der Waals surface area contributed by atoms with Gasteiger partial charge in [0.05, 0.1) is 35.9 Å². The molecule has 2 aromatic rings. The summed E-state index contributed by atoms with van der Waals surface area (Å²) >= 11 is 5.94. The largest absolute Gasteiger partial charge is 0.458 e. The molecule has 2 aromatic heterocycles. The monoisotopic (exact) mass is 831 g/mol. The Hall–Kier alpha value is -3.47. The van der Waals surface area contributed by atoms with E-state index in [-0.39, 0.29) is 30.8 Å². The second kappa shape index (κ2) is 19.3. The van der Waals surface area contributed by atoms with Crippen LogP contribution in [0.25, 0.3) is 11.3 Å². The number of hydrogen-bond acceptors (Lipinski definition) is 13. The van der Waals surface area contributed by atoms with Crippen LogP contribution >= 0.6 is 11.6 Å². The third kappa shape index (κ3) is 9.93. The van der Waals surface area contributed by atoms with Gasteiger partial charge in [0.25, 0.3) is 0 Å². The second-order valence-electron chi connectivity index (χ2n) is 16.8. The van der Waals surface area contributed by atoms with Crippen molar-refractivity contribution in [2.45, 2.75) is 142 Å². The molecule has 3 aliphatic heterocycles. The molecule has 0 saturated carbocycles. The molecular weight excluding hydrogens is 770 g/mol. The number of cyclic esters (lactones) is 1. The summed E-state index contributed by atoms with van der Waals surface area (Å²) in [5.41, 5.74) is 0.338. The zero-order chi connectivity index (χ0) is 42.6. The number of aromatic nitrogens is 3. The maximum atomic E-state index is 14.6. The SMILES string of the molecule is CC[C@H]1OC(=O)[C@H](C)C(=O)[C@H](C)[C@@H](OC2O[C@H](C)C[C@H](N(C)C)[C@H]2O)[C@@](C)(OC)C[C@@H](C)C(=O)[C@H](C)[C@H]2[C@@H]1OC(=O)N2CCCCn1cnc(-c2ccc(Cl)nc2)c1. The Kier molecular flexibility index (Phi) is 15.2. The summed E-state index contributed by atoms with van der Waals surface area (Å²) in [6, 6.07) is 2.54. The normalized spacial score (nSPS) is 35.4. The number of imidazole rings is 1. The summed E-state index contributed by atoms with van der Waals surface area (Å²) in [5.74, 6) is -4.91. The first-order valence-electron chi connectivity index (χ1n) is 20.5. The van der Waals surface area contributed by atoms with Gasteiger partial charge in [0.1, 0.15) is 29.1 Å². The molecule has 15 nitrogen and oxygen atoms in total. The molecule has 322 valence electrons. The number of unbranched alkanes of at least 4 members (excludes halogenated alkanes) is 1. The lowest BCUT2D eigenvalue weighted by molar-refractivity contribution is -0.295. The summed E-state index contributed by atoms with van der Waals surface area (Å²) in [6.45, 7) is 13.1. The van der Waals surface area contributed by atoms with Crippen LogP contribution in [0.3, 0.4) is 0 Å². The number of ketones is 2. The minimum absolute atomic E-state index is 0.131. The summed E-state index contributed by atoms with van der Waals surface area (Å²) in [5, 5.41) is 11.8. The van der Waals surface area contributed by atoms with Crippen LogP contribution in [-0.4, -0.2) is 135 Å². The van der Waals surface area contributed by atoms with Crippen LogP contribution in [0.5, 0.6) is 0 Å². The number of halogens is 1. The molecule has 3 fully saturated rings. The number of carbonyl (C=O) groups is 4. The highest BCUT2D eigenvalue weighted by molar-refractivity contribution is 6.29. The fourth-order valence-electron chi connectivity index (χ4n) is 8.90. The lowest BCUT2D eigenvalue weighted by atomic mass is 9.75. The van der Waals surface area contributed by atoms with E-state index in [1.807, 2.05) is 49.7 Å². The first-order chi connectivity index (χ1) is 27.4. The molecule has 1 N–H and O–H groups in total. The molecule has 13 atom stereocenters. The quantitative estimate of drug-likeness (QED) is 0.136. The average Bonchev–Trinajstić information content (AvgIpc) is 3.80. The van der Waals surface area contributed by atoms with E-state index in [0.29, 0.717) is 37.5 Å². The van der Waals surface area contributed by atoms with E-state index in [2.05, 4.69) is 9.97 Å². The number of hydrogen-bond donors (Lipinski definition) is 1. The fourth-order valence-corrected chi connectivity index (χ4v) is 9.02. The van der Waals surface area contributed by atoms with Crippen LogP contribution in [-0.2, 0) is 44.6 Å². The van der Waals surface area contributed by atoms with Gasteiger partial charge >= 0.3 is 12.1 Å². The van der Waals surface area contributed by atoms with Crippen molar-refractivity contribution in [1.29, 1.82) is 0 Å². The van der Waals surface area contributed by atoms with Gasteiger partial charge in [-0.15, -0.1) is 0 Å². The second-order valence-corrected chi connectivity index (χ2v) is 17.2. The molecule has 5 heterocycles. The summed E-state index contributed by atoms with van der Waals surface area (Å²) in [7, 11) is 5.23. The maximum Gasteiger partial charge on any atom is 0.410 e. The molecule has 3 aliphatic rings. The number of carbonyl (C=O) groups excluding carboxylic acids is 4. The molecule has 16 heteroatoms. The van der Waals surface area contributed by atoms with Crippen LogP contribution in [0.2, 0.25) is 5.15 Å². The molecule has 5 rings (SSSR count). The van der Waals surface area contributed by atoms with E-state index in [9.17, 15) is 24.3 Å². The number of likely N-dealkylation sites (N-methyl/N-ethyl adjacent to an activating group) is 1. The van der Waals surface area contributed by atoms with Crippen LogP contribution in [0.15, 0.2) is 30.9 Å². The van der Waals surface area contributed by atoms with Crippen molar-refractivity contribution in [3.63, 3.8) is 0 Å². The van der Waals surface area contributed by atoms with Crippen LogP contribution in [0.1, 0.15) is 80.6 Å². The first-order valence-corrected chi connectivity index (χ1v) is 20.9. The Morgan fingerprint density at radius 3 is 2.34 bits per heavy atom. The van der Waals surface area contributed by atoms with Crippen LogP contribution in [0, 0.1) is 23.7 Å². The Labute approximate surface area is 347 Å². The highest BCUT2D eigenvalue weighted by Crippen LogP contribution is 2.39. The average molecular weight is 832 g/mol. The fraction of sp³-hybridized carbons (Fsp3) is 0.714. The van der Waals surface area contributed by atoms with Crippen LogP contribution < -0.4 is 0 Å². The Morgan fingerprint density at radius 2 is 1.71 bits per heavy atom. The number of Topliss-reactive ketones (excluding diaryl/α,β-unsaturated/α-hetero) is 2. The van der Waals surface area contributed by atoms with Gasteiger partial charge in [0, 0.05) is 62.0 Å². The lowest BCUT2D eigenvalue weighted by Gasteiger charge is -2.47. The Balaban J connectivity index is 1.40. The molecular formula is C42H62ClN5O10. The van der Waals surface area contributed by atoms with Gasteiger partial charge in [-0.1, -0.05) is 39.3 Å². The van der Waals surface area contributed by atoms with Crippen molar-refractivity contribution in [2.24, 2.45) is 23.7 Å². The van der Waals surface area contributed by atoms with Gasteiger partial charge < -0.3 is 43.2 Å². The predicted octanol–water partition coefficient (Wildman–Crippen LogP) is 5.19. The number of aliphatic hydroxyl groups excluding tert-OH is 1. The molecule has 0 radical (unpaired) electrons. The maximum absolute atomic E-state index is 14.6. The van der Waals surface area contributed by atoms with Crippen molar-refractivity contribution in [3.8, 4) is 11.3 Å². The van der Waals surface area contributed by atoms with Crippen molar-refractivity contribution < 1.29 is 48.0 Å². The van der Waals surface area contributed by atoms with E-state index < -0.39 is 83.9 Å². The Morgan fingerprint density at radius 1 is 1.00 bits per heavy atom. The summed E-state index contributed by atoms with van der Waals surface area (Å²) in [4.78, 5) is 68.4. The first kappa shape index (κ1) is 45.6. The minimum atomic E-state index is -1.26. The molecule has 0 bridgehead atoms. The van der Waals surface area contributed by atoms with Crippen molar-refractivity contribution >= 4 is 35.2 Å². The summed E-state index contributed by atoms with van der Waals surface area (Å²) in [6.07, 6.45) is 1.67. The lowest BCUT2D eigenvalue weighted by Crippen LogP contribution is -2.59. The molecule has 0 aliphatic carbocycles. The third-order valence-electron chi connectivity index (χ3n) is 12.4. The number of ether oxygens (including phenoxy) is 5. The molecule has 3 saturated heterocycles. The number of esters is 1. The molecule has 58 heavy (non-hydrogen) atoms. The third-order valence-corrected chi connectivity index (χ3v) is 12.6. The van der Waals surface area contributed by atoms with Gasteiger partial charge in [-0.2, -0.15) is 0 Å². The van der Waals surface area contributed by atoms with Crippen LogP contribution in [0.4, 0.5) is 4.79 Å². The van der Waals surface area contributed by atoms with Crippen molar-refractivity contribution in [2.75, 3.05) is 27.7 Å². The standard InChI is InChI=1S/C42H62ClN5O10/c1-11-31-37-33(48(41(53)57-37)17-13-12-16-47-21-29(45-22-47)28-14-15-32(43)44-20-28)25(4)34(49)23(2)19-42(7,54-10)38(26(5)35(50)27(6)39(52)56-31)58-40-36(51)30(46(8)9)18-24(3)55-40/h14-15,20-27,30-31,33,36-38,40,51H,11-13,16-19H2,1-10H3/t23-,24-,25-,26+,27-,30+,31-,33+,36-,37-,38-,40?,42+/m1/s1. The molecule has 1 amide bonds. The highest BCUT2D eigenvalue weighted by atomic mass is 35.5. The minimum Gasteiger partial charge on any atom is -0.458 e. The molecule has 0 spiro atoms. The number of pyridine rings is 1. The number of fused-ring (bicyclic) bond motifs is 1. The van der Waals surface area contributed by atoms with E-state index in [1.54, 1.807) is 51.2 Å². The molecule has 1 unspecified atom stereocenters. The summed E-state index contributed by atoms with van der Waals surface area (Å²) < 4.78 is 32.8. The number of amides is 1. The van der Waals surface area contributed by atoms with Crippen molar-refractivity contribution in [1.82, 2.24) is 24.3 Å². The topological polar surface area (TPSA) is 172 Å². The number of aryl methyl sites for hydroxylation is 1. The predicted molar refractivity (Wildman–Crippen MR) is 215 cm³/mol. The van der Waals surface area contributed by atoms with Gasteiger partial charge in [0.15, 0.2) is 18.2 Å². The van der Waals surface area contributed by atoms with Gasteiger partial charge in [-0.3, -0.25) is 14.4 Å².